The minimum absolute atomic E-state index is 0.0166. The van der Waals surface area contributed by atoms with E-state index in [4.69, 9.17) is 9.63 Å². The van der Waals surface area contributed by atoms with Crippen LogP contribution < -0.4 is 0 Å². The maximum absolute atomic E-state index is 12.3. The lowest BCUT2D eigenvalue weighted by molar-refractivity contribution is -0.138. The smallest absolute Gasteiger partial charge is 0.323 e. The summed E-state index contributed by atoms with van der Waals surface area (Å²) in [5, 5.41) is 12.5. The molecule has 1 N–H and O–H groups in total. The van der Waals surface area contributed by atoms with Crippen LogP contribution in [0.25, 0.3) is 0 Å². The zero-order chi connectivity index (χ0) is 13.1. The van der Waals surface area contributed by atoms with E-state index in [-0.39, 0.29) is 18.5 Å². The molecular formula is C12H16N2O4. The second-order valence-corrected chi connectivity index (χ2v) is 4.56. The fourth-order valence-corrected chi connectivity index (χ4v) is 2.39. The first-order chi connectivity index (χ1) is 8.59. The highest BCUT2D eigenvalue weighted by atomic mass is 16.5. The molecule has 1 fully saturated rings. The van der Waals surface area contributed by atoms with Gasteiger partial charge in [-0.25, -0.2) is 0 Å². The van der Waals surface area contributed by atoms with E-state index in [0.717, 1.165) is 25.7 Å². The normalized spacial score (nSPS) is 15.8. The number of amides is 1. The Morgan fingerprint density at radius 3 is 2.67 bits per heavy atom. The lowest BCUT2D eigenvalue weighted by Crippen LogP contribution is -2.42. The summed E-state index contributed by atoms with van der Waals surface area (Å²) in [5.74, 6) is -0.874. The van der Waals surface area contributed by atoms with Crippen LogP contribution in [0, 0.1) is 6.92 Å². The highest BCUT2D eigenvalue weighted by Gasteiger charge is 2.30. The molecule has 6 heteroatoms. The van der Waals surface area contributed by atoms with Crippen LogP contribution in [0.2, 0.25) is 0 Å². The van der Waals surface area contributed by atoms with Crippen LogP contribution in [-0.4, -0.2) is 39.6 Å². The van der Waals surface area contributed by atoms with Crippen LogP contribution in [0.3, 0.4) is 0 Å². The topological polar surface area (TPSA) is 83.6 Å². The molecule has 0 spiro atoms. The van der Waals surface area contributed by atoms with Gasteiger partial charge in [0, 0.05) is 6.04 Å². The third-order valence-corrected chi connectivity index (χ3v) is 3.31. The Hall–Kier alpha value is -1.85. The molecule has 0 bridgehead atoms. The quantitative estimate of drug-likeness (QED) is 0.876. The van der Waals surface area contributed by atoms with Gasteiger partial charge in [0.25, 0.3) is 5.91 Å². The van der Waals surface area contributed by atoms with E-state index in [9.17, 15) is 9.59 Å². The van der Waals surface area contributed by atoms with Crippen molar-refractivity contribution in [3.8, 4) is 0 Å². The number of carbonyl (C=O) groups is 2. The molecule has 1 aromatic heterocycles. The third-order valence-electron chi connectivity index (χ3n) is 3.31. The zero-order valence-corrected chi connectivity index (χ0v) is 10.3. The molecule has 1 aliphatic rings. The Balaban J connectivity index is 2.20. The predicted octanol–water partition coefficient (Wildman–Crippen LogP) is 1.45. The molecule has 98 valence electrons. The summed E-state index contributed by atoms with van der Waals surface area (Å²) in [6.45, 7) is 1.38. The molecule has 1 saturated carbocycles. The first kappa shape index (κ1) is 12.6. The van der Waals surface area contributed by atoms with Crippen molar-refractivity contribution >= 4 is 11.9 Å². The highest BCUT2D eigenvalue weighted by Crippen LogP contribution is 2.25. The monoisotopic (exact) mass is 252 g/mol. The van der Waals surface area contributed by atoms with Crippen molar-refractivity contribution < 1.29 is 19.2 Å². The Labute approximate surface area is 105 Å². The summed E-state index contributed by atoms with van der Waals surface area (Å²) >= 11 is 0. The van der Waals surface area contributed by atoms with Crippen LogP contribution in [0.1, 0.15) is 41.8 Å². The fraction of sp³-hybridized carbons (Fsp3) is 0.583. The van der Waals surface area contributed by atoms with Crippen LogP contribution in [-0.2, 0) is 4.79 Å². The number of carbonyl (C=O) groups excluding carboxylic acids is 1. The average molecular weight is 252 g/mol. The van der Waals surface area contributed by atoms with Crippen molar-refractivity contribution in [3.05, 3.63) is 17.5 Å². The summed E-state index contributed by atoms with van der Waals surface area (Å²) in [4.78, 5) is 24.6. The van der Waals surface area contributed by atoms with Gasteiger partial charge in [-0.3, -0.25) is 9.59 Å². The number of aromatic nitrogens is 1. The second-order valence-electron chi connectivity index (χ2n) is 4.56. The van der Waals surface area contributed by atoms with Gasteiger partial charge >= 0.3 is 5.97 Å². The van der Waals surface area contributed by atoms with E-state index in [1.807, 2.05) is 0 Å². The first-order valence-corrected chi connectivity index (χ1v) is 6.03. The second kappa shape index (κ2) is 5.20. The number of carboxylic acid groups (broad SMARTS) is 1. The number of aryl methyl sites for hydroxylation is 1. The van der Waals surface area contributed by atoms with E-state index in [0.29, 0.717) is 11.3 Å². The molecule has 0 atom stereocenters. The number of aliphatic carboxylic acids is 1. The maximum Gasteiger partial charge on any atom is 0.323 e. The molecular weight excluding hydrogens is 236 g/mol. The number of hydrogen-bond donors (Lipinski definition) is 1. The summed E-state index contributed by atoms with van der Waals surface area (Å²) < 4.78 is 4.86. The van der Waals surface area contributed by atoms with Crippen molar-refractivity contribution in [2.24, 2.45) is 0 Å². The Morgan fingerprint density at radius 2 is 2.17 bits per heavy atom. The molecule has 0 aliphatic heterocycles. The van der Waals surface area contributed by atoms with Crippen molar-refractivity contribution in [2.45, 2.75) is 38.6 Å². The number of carboxylic acids is 1. The average Bonchev–Trinajstić information content (AvgIpc) is 2.95. The minimum atomic E-state index is -0.996. The van der Waals surface area contributed by atoms with Crippen LogP contribution in [0.4, 0.5) is 0 Å². The van der Waals surface area contributed by atoms with Gasteiger partial charge in [0.2, 0.25) is 0 Å². The standard InChI is InChI=1S/C12H16N2O4/c1-8-10(6-13-18-8)12(17)14(7-11(15)16)9-4-2-3-5-9/h6,9H,2-5,7H2,1H3,(H,15,16). The van der Waals surface area contributed by atoms with Gasteiger partial charge in [0.15, 0.2) is 0 Å². The number of rotatable bonds is 4. The largest absolute Gasteiger partial charge is 0.480 e. The van der Waals surface area contributed by atoms with Gasteiger partial charge in [0.1, 0.15) is 17.9 Å². The van der Waals surface area contributed by atoms with Gasteiger partial charge in [-0.2, -0.15) is 0 Å². The van der Waals surface area contributed by atoms with E-state index in [2.05, 4.69) is 5.16 Å². The van der Waals surface area contributed by atoms with Crippen LogP contribution in [0.5, 0.6) is 0 Å². The maximum atomic E-state index is 12.3. The third kappa shape index (κ3) is 2.52. The molecule has 0 unspecified atom stereocenters. The van der Waals surface area contributed by atoms with E-state index in [1.165, 1.54) is 11.1 Å². The van der Waals surface area contributed by atoms with Gasteiger partial charge in [0.05, 0.1) is 6.20 Å². The van der Waals surface area contributed by atoms with E-state index in [1.54, 1.807) is 6.92 Å². The van der Waals surface area contributed by atoms with E-state index >= 15 is 0 Å². The lowest BCUT2D eigenvalue weighted by Gasteiger charge is -2.26. The van der Waals surface area contributed by atoms with Crippen LogP contribution >= 0.6 is 0 Å². The summed E-state index contributed by atoms with van der Waals surface area (Å²) in [5.41, 5.74) is 0.350. The fourth-order valence-electron chi connectivity index (χ4n) is 2.39. The van der Waals surface area contributed by atoms with Gasteiger partial charge in [-0.15, -0.1) is 0 Å². The SMILES string of the molecule is Cc1oncc1C(=O)N(CC(=O)O)C1CCCC1. The molecule has 2 rings (SSSR count). The van der Waals surface area contributed by atoms with Crippen molar-refractivity contribution in [1.29, 1.82) is 0 Å². The van der Waals surface area contributed by atoms with E-state index < -0.39 is 5.97 Å². The molecule has 6 nitrogen and oxygen atoms in total. The molecule has 18 heavy (non-hydrogen) atoms. The van der Waals surface area contributed by atoms with Gasteiger partial charge < -0.3 is 14.5 Å². The molecule has 1 aliphatic carbocycles. The van der Waals surface area contributed by atoms with Crippen LogP contribution in [0.15, 0.2) is 10.7 Å². The van der Waals surface area contributed by atoms with Crippen molar-refractivity contribution in [3.63, 3.8) is 0 Å². The zero-order valence-electron chi connectivity index (χ0n) is 10.3. The molecule has 1 amide bonds. The minimum Gasteiger partial charge on any atom is -0.480 e. The molecule has 1 heterocycles. The Kier molecular flexibility index (Phi) is 3.64. The summed E-state index contributed by atoms with van der Waals surface area (Å²) in [6, 6.07) is 0.0166. The molecule has 0 saturated heterocycles. The van der Waals surface area contributed by atoms with Crippen molar-refractivity contribution in [1.82, 2.24) is 10.1 Å². The first-order valence-electron chi connectivity index (χ1n) is 6.03. The Morgan fingerprint density at radius 1 is 1.50 bits per heavy atom. The predicted molar refractivity (Wildman–Crippen MR) is 62.2 cm³/mol. The summed E-state index contributed by atoms with van der Waals surface area (Å²) in [7, 11) is 0. The van der Waals surface area contributed by atoms with Gasteiger partial charge in [-0.05, 0) is 19.8 Å². The lowest BCUT2D eigenvalue weighted by atomic mass is 10.1. The molecule has 1 aromatic rings. The number of nitrogens with zero attached hydrogens (tertiary/aromatic N) is 2. The summed E-state index contributed by atoms with van der Waals surface area (Å²) in [6.07, 6.45) is 5.15. The molecule has 0 radical (unpaired) electrons. The Bertz CT molecular complexity index is 449. The van der Waals surface area contributed by atoms with Crippen molar-refractivity contribution in [2.75, 3.05) is 6.54 Å². The molecule has 0 aromatic carbocycles. The highest BCUT2D eigenvalue weighted by molar-refractivity contribution is 5.96. The van der Waals surface area contributed by atoms with Gasteiger partial charge in [-0.1, -0.05) is 18.0 Å². The number of hydrogen-bond acceptors (Lipinski definition) is 4.